The summed E-state index contributed by atoms with van der Waals surface area (Å²) in [5, 5.41) is 10.9. The van der Waals surface area contributed by atoms with Crippen molar-refractivity contribution in [1.29, 1.82) is 0 Å². The highest BCUT2D eigenvalue weighted by Crippen LogP contribution is 2.64. The Labute approximate surface area is 191 Å². The van der Waals surface area contributed by atoms with E-state index < -0.39 is 0 Å². The lowest BCUT2D eigenvalue weighted by molar-refractivity contribution is -0.125. The molecule has 2 unspecified atom stereocenters. The van der Waals surface area contributed by atoms with Gasteiger partial charge < -0.3 is 10.0 Å². The number of carbonyl (C=O) groups is 2. The van der Waals surface area contributed by atoms with Crippen LogP contribution in [0.1, 0.15) is 54.4 Å². The van der Waals surface area contributed by atoms with Gasteiger partial charge in [0.1, 0.15) is 11.3 Å². The molecule has 4 nitrogen and oxygen atoms in total. The average Bonchev–Trinajstić information content (AvgIpc) is 3.35. The zero-order valence-electron chi connectivity index (χ0n) is 20.1. The van der Waals surface area contributed by atoms with Crippen LogP contribution in [-0.4, -0.2) is 34.3 Å². The second kappa shape index (κ2) is 6.82. The molecule has 0 aromatic carbocycles. The highest BCUT2D eigenvalue weighted by molar-refractivity contribution is 6.27. The number of amides is 1. The van der Waals surface area contributed by atoms with Gasteiger partial charge in [-0.3, -0.25) is 9.59 Å². The summed E-state index contributed by atoms with van der Waals surface area (Å²) in [5.41, 5.74) is 4.10. The van der Waals surface area contributed by atoms with Crippen LogP contribution in [0.15, 0.2) is 58.4 Å². The third-order valence-corrected chi connectivity index (χ3v) is 9.38. The molecule has 32 heavy (non-hydrogen) atoms. The molecule has 2 bridgehead atoms. The van der Waals surface area contributed by atoms with Crippen molar-refractivity contribution < 1.29 is 14.7 Å². The SMILES string of the molecule is CC1=C[C@]2(C)/C=C(/C)[C@H](C)[C@]3(C)C=C(C)[C@H](C2/C=C/C(O)=C2\C(=O)[C@@H]4CCCN4C2=O)C13. The summed E-state index contributed by atoms with van der Waals surface area (Å²) in [6, 6.07) is -0.374. The monoisotopic (exact) mass is 433 g/mol. The van der Waals surface area contributed by atoms with Crippen molar-refractivity contribution in [3.8, 4) is 0 Å². The normalized spacial score (nSPS) is 46.1. The molecular weight excluding hydrogens is 398 g/mol. The first kappa shape index (κ1) is 21.5. The quantitative estimate of drug-likeness (QED) is 0.278. The second-order valence-corrected chi connectivity index (χ2v) is 11.3. The van der Waals surface area contributed by atoms with Gasteiger partial charge in [-0.2, -0.15) is 0 Å². The van der Waals surface area contributed by atoms with Crippen molar-refractivity contribution in [3.63, 3.8) is 0 Å². The number of carbonyl (C=O) groups excluding carboxylic acids is 2. The van der Waals surface area contributed by atoms with E-state index in [1.807, 2.05) is 0 Å². The summed E-state index contributed by atoms with van der Waals surface area (Å²) in [4.78, 5) is 27.2. The second-order valence-electron chi connectivity index (χ2n) is 11.3. The lowest BCUT2D eigenvalue weighted by Gasteiger charge is -2.52. The average molecular weight is 434 g/mol. The summed E-state index contributed by atoms with van der Waals surface area (Å²) < 4.78 is 0. The molecule has 0 radical (unpaired) electrons. The first-order valence-electron chi connectivity index (χ1n) is 12.0. The summed E-state index contributed by atoms with van der Waals surface area (Å²) in [6.45, 7) is 14.4. The number of nitrogens with zero attached hydrogens (tertiary/aromatic N) is 1. The van der Waals surface area contributed by atoms with Crippen LogP contribution in [0.5, 0.6) is 0 Å². The minimum absolute atomic E-state index is 0.0253. The van der Waals surface area contributed by atoms with Crippen LogP contribution in [-0.2, 0) is 9.59 Å². The molecule has 0 spiro atoms. The first-order valence-corrected chi connectivity index (χ1v) is 12.0. The molecule has 2 saturated heterocycles. The third kappa shape index (κ3) is 2.67. The van der Waals surface area contributed by atoms with Crippen LogP contribution < -0.4 is 0 Å². The minimum atomic E-state index is -0.374. The molecule has 2 aliphatic heterocycles. The fourth-order valence-corrected chi connectivity index (χ4v) is 7.83. The van der Waals surface area contributed by atoms with Crippen LogP contribution in [0, 0.1) is 34.5 Å². The van der Waals surface area contributed by atoms with Crippen molar-refractivity contribution in [1.82, 2.24) is 4.90 Å². The van der Waals surface area contributed by atoms with Crippen LogP contribution in [0.25, 0.3) is 0 Å². The van der Waals surface area contributed by atoms with Gasteiger partial charge in [0, 0.05) is 12.0 Å². The minimum Gasteiger partial charge on any atom is -0.507 e. The smallest absolute Gasteiger partial charge is 0.261 e. The van der Waals surface area contributed by atoms with E-state index in [-0.39, 0.29) is 45.8 Å². The number of ketones is 1. The van der Waals surface area contributed by atoms with E-state index in [0.717, 1.165) is 6.42 Å². The van der Waals surface area contributed by atoms with Crippen molar-refractivity contribution in [2.24, 2.45) is 34.5 Å². The highest BCUT2D eigenvalue weighted by atomic mass is 16.3. The standard InChI is InChI=1S/C28H35NO3/c1-15-12-27(5)13-17(3)24-22(16(2)14-28(24,6)18(15)4)19(27)9-10-21(30)23-25(31)20-8-7-11-29(20)26(23)32/h9-10,12-14,18-20,22,24,30H,7-8,11H2,1-6H3/b10-9+,15-12-,23-21-/t18-,19?,20-,22+,24?,27-,28-/m0/s1. The largest absolute Gasteiger partial charge is 0.507 e. The van der Waals surface area contributed by atoms with E-state index in [2.05, 4.69) is 65.8 Å². The molecular formula is C28H35NO3. The van der Waals surface area contributed by atoms with Crippen LogP contribution in [0.3, 0.4) is 0 Å². The molecule has 170 valence electrons. The fraction of sp³-hybridized carbons (Fsp3) is 0.571. The number of hydrogen-bond donors (Lipinski definition) is 1. The lowest BCUT2D eigenvalue weighted by Crippen LogP contribution is -2.45. The molecule has 1 N–H and O–H groups in total. The van der Waals surface area contributed by atoms with Gasteiger partial charge in [0.25, 0.3) is 5.91 Å². The Bertz CT molecular complexity index is 1050. The van der Waals surface area contributed by atoms with Gasteiger partial charge in [-0.05, 0) is 68.8 Å². The molecule has 0 aromatic heterocycles. The Morgan fingerprint density at radius 3 is 2.47 bits per heavy atom. The van der Waals surface area contributed by atoms with Gasteiger partial charge >= 0.3 is 0 Å². The fourth-order valence-electron chi connectivity index (χ4n) is 7.83. The van der Waals surface area contributed by atoms with E-state index in [4.69, 9.17) is 0 Å². The predicted molar refractivity (Wildman–Crippen MR) is 126 cm³/mol. The third-order valence-electron chi connectivity index (χ3n) is 9.38. The van der Waals surface area contributed by atoms with Gasteiger partial charge in [-0.1, -0.05) is 61.8 Å². The van der Waals surface area contributed by atoms with Crippen LogP contribution in [0.4, 0.5) is 0 Å². The number of rotatable bonds is 2. The lowest BCUT2D eigenvalue weighted by atomic mass is 9.51. The van der Waals surface area contributed by atoms with Gasteiger partial charge in [-0.25, -0.2) is 0 Å². The van der Waals surface area contributed by atoms with E-state index in [1.165, 1.54) is 16.7 Å². The molecule has 0 aromatic rings. The maximum absolute atomic E-state index is 12.8. The number of hydrogen-bond acceptors (Lipinski definition) is 3. The summed E-state index contributed by atoms with van der Waals surface area (Å²) >= 11 is 0. The number of aliphatic hydroxyl groups is 1. The molecule has 5 rings (SSSR count). The molecule has 2 fully saturated rings. The van der Waals surface area contributed by atoms with Gasteiger partial charge in [0.05, 0.1) is 6.04 Å². The maximum Gasteiger partial charge on any atom is 0.261 e. The zero-order chi connectivity index (χ0) is 23.2. The molecule has 1 amide bonds. The Morgan fingerprint density at radius 1 is 1.09 bits per heavy atom. The van der Waals surface area contributed by atoms with Gasteiger partial charge in [0.15, 0.2) is 5.78 Å². The number of allylic oxidation sites excluding steroid dienone is 8. The summed E-state index contributed by atoms with van der Waals surface area (Å²) in [6.07, 6.45) is 12.6. The molecule has 4 heteroatoms. The zero-order valence-corrected chi connectivity index (χ0v) is 20.1. The van der Waals surface area contributed by atoms with Crippen LogP contribution in [0.2, 0.25) is 0 Å². The number of fused-ring (bicyclic) bond motifs is 2. The topological polar surface area (TPSA) is 57.6 Å². The Balaban J connectivity index is 1.59. The number of Topliss-reactive ketones (excluding diaryl/α,β-unsaturated/α-hetero) is 1. The molecule has 2 heterocycles. The molecule has 0 saturated carbocycles. The highest BCUT2D eigenvalue weighted by Gasteiger charge is 2.56. The van der Waals surface area contributed by atoms with E-state index in [1.54, 1.807) is 11.0 Å². The molecule has 3 aliphatic carbocycles. The van der Waals surface area contributed by atoms with Crippen LogP contribution >= 0.6 is 0 Å². The summed E-state index contributed by atoms with van der Waals surface area (Å²) in [5.74, 6) is 0.657. The number of aliphatic hydroxyl groups excluding tert-OH is 1. The van der Waals surface area contributed by atoms with Gasteiger partial charge in [-0.15, -0.1) is 0 Å². The summed E-state index contributed by atoms with van der Waals surface area (Å²) in [7, 11) is 0. The first-order chi connectivity index (χ1) is 15.0. The van der Waals surface area contributed by atoms with Gasteiger partial charge in [0.2, 0.25) is 0 Å². The van der Waals surface area contributed by atoms with Crippen molar-refractivity contribution in [3.05, 3.63) is 58.4 Å². The van der Waals surface area contributed by atoms with E-state index in [0.29, 0.717) is 30.7 Å². The molecule has 5 aliphatic rings. The predicted octanol–water partition coefficient (Wildman–Crippen LogP) is 5.31. The Morgan fingerprint density at radius 2 is 1.78 bits per heavy atom. The van der Waals surface area contributed by atoms with E-state index >= 15 is 0 Å². The Kier molecular flexibility index (Phi) is 4.58. The van der Waals surface area contributed by atoms with E-state index in [9.17, 15) is 14.7 Å². The van der Waals surface area contributed by atoms with Crippen molar-refractivity contribution in [2.45, 2.75) is 60.4 Å². The van der Waals surface area contributed by atoms with Crippen molar-refractivity contribution in [2.75, 3.05) is 6.54 Å². The van der Waals surface area contributed by atoms with Crippen molar-refractivity contribution >= 4 is 11.7 Å². The maximum atomic E-state index is 12.8. The Hall–Kier alpha value is -2.36. The molecule has 7 atom stereocenters.